The van der Waals surface area contributed by atoms with E-state index in [2.05, 4.69) is 26.1 Å². The van der Waals surface area contributed by atoms with E-state index in [1.165, 1.54) is 0 Å². The van der Waals surface area contributed by atoms with Crippen molar-refractivity contribution >= 4 is 0 Å². The summed E-state index contributed by atoms with van der Waals surface area (Å²) in [5.74, 6) is 0.459. The molecule has 1 N–H and O–H groups in total. The molecule has 1 rings (SSSR count). The second-order valence-corrected chi connectivity index (χ2v) is 4.76. The van der Waals surface area contributed by atoms with Crippen LogP contribution in [0.3, 0.4) is 0 Å². The van der Waals surface area contributed by atoms with Gasteiger partial charge in [0.1, 0.15) is 5.82 Å². The van der Waals surface area contributed by atoms with Gasteiger partial charge >= 0.3 is 0 Å². The zero-order chi connectivity index (χ0) is 12.1. The summed E-state index contributed by atoms with van der Waals surface area (Å²) in [5.41, 5.74) is 1.92. The van der Waals surface area contributed by atoms with Crippen molar-refractivity contribution < 1.29 is 4.39 Å². The molecule has 1 unspecified atom stereocenters. The number of aryl methyl sites for hydroxylation is 1. The van der Waals surface area contributed by atoms with Gasteiger partial charge in [0.05, 0.1) is 0 Å². The Hall–Kier alpha value is -0.890. The third-order valence-corrected chi connectivity index (χ3v) is 2.68. The average Bonchev–Trinajstić information content (AvgIpc) is 2.20. The standard InChI is InChI=1S/C14H22FN/c1-5-16-14(8-10(2)3)12-9-11(4)6-7-13(12)15/h6-7,9-10,14,16H,5,8H2,1-4H3. The van der Waals surface area contributed by atoms with Crippen molar-refractivity contribution in [1.82, 2.24) is 5.32 Å². The molecule has 0 saturated carbocycles. The first kappa shape index (κ1) is 13.2. The summed E-state index contributed by atoms with van der Waals surface area (Å²) in [5, 5.41) is 3.36. The van der Waals surface area contributed by atoms with E-state index in [0.717, 1.165) is 24.1 Å². The minimum atomic E-state index is -0.0998. The van der Waals surface area contributed by atoms with Crippen LogP contribution in [-0.4, -0.2) is 6.54 Å². The zero-order valence-corrected chi connectivity index (χ0v) is 10.7. The van der Waals surface area contributed by atoms with Gasteiger partial charge in [-0.3, -0.25) is 0 Å². The maximum absolute atomic E-state index is 13.8. The van der Waals surface area contributed by atoms with Crippen LogP contribution in [0.1, 0.15) is 44.4 Å². The molecular formula is C14H22FN. The fourth-order valence-corrected chi connectivity index (χ4v) is 1.97. The SMILES string of the molecule is CCNC(CC(C)C)c1cc(C)ccc1F. The van der Waals surface area contributed by atoms with Crippen molar-refractivity contribution in [2.45, 2.75) is 40.2 Å². The van der Waals surface area contributed by atoms with Gasteiger partial charge in [-0.15, -0.1) is 0 Å². The van der Waals surface area contributed by atoms with E-state index in [9.17, 15) is 4.39 Å². The lowest BCUT2D eigenvalue weighted by molar-refractivity contribution is 0.423. The fraction of sp³-hybridized carbons (Fsp3) is 0.571. The molecule has 0 fully saturated rings. The molecule has 2 heteroatoms. The highest BCUT2D eigenvalue weighted by molar-refractivity contribution is 5.26. The highest BCUT2D eigenvalue weighted by Crippen LogP contribution is 2.24. The second-order valence-electron chi connectivity index (χ2n) is 4.76. The van der Waals surface area contributed by atoms with E-state index in [4.69, 9.17) is 0 Å². The summed E-state index contributed by atoms with van der Waals surface area (Å²) < 4.78 is 13.8. The van der Waals surface area contributed by atoms with Gasteiger partial charge in [0.15, 0.2) is 0 Å². The Morgan fingerprint density at radius 1 is 1.31 bits per heavy atom. The molecule has 16 heavy (non-hydrogen) atoms. The lowest BCUT2D eigenvalue weighted by Gasteiger charge is -2.21. The number of rotatable bonds is 5. The molecule has 0 aliphatic rings. The Morgan fingerprint density at radius 3 is 2.56 bits per heavy atom. The average molecular weight is 223 g/mol. The first-order valence-corrected chi connectivity index (χ1v) is 6.04. The normalized spacial score (nSPS) is 13.1. The summed E-state index contributed by atoms with van der Waals surface area (Å²) in [7, 11) is 0. The Morgan fingerprint density at radius 2 is 2.00 bits per heavy atom. The van der Waals surface area contributed by atoms with Crippen molar-refractivity contribution in [3.8, 4) is 0 Å². The topological polar surface area (TPSA) is 12.0 Å². The highest BCUT2D eigenvalue weighted by Gasteiger charge is 2.16. The van der Waals surface area contributed by atoms with Gasteiger partial charge in [-0.05, 0) is 31.9 Å². The van der Waals surface area contributed by atoms with Gasteiger partial charge in [-0.25, -0.2) is 4.39 Å². The minimum absolute atomic E-state index is 0.0998. The predicted octanol–water partition coefficient (Wildman–Crippen LogP) is 3.83. The van der Waals surface area contributed by atoms with Crippen LogP contribution in [0, 0.1) is 18.7 Å². The first-order chi connectivity index (χ1) is 7.54. The third-order valence-electron chi connectivity index (χ3n) is 2.68. The number of benzene rings is 1. The molecule has 0 aliphatic carbocycles. The molecule has 0 spiro atoms. The Kier molecular flexibility index (Phi) is 4.94. The minimum Gasteiger partial charge on any atom is -0.310 e. The quantitative estimate of drug-likeness (QED) is 0.800. The summed E-state index contributed by atoms with van der Waals surface area (Å²) in [6.45, 7) is 9.25. The van der Waals surface area contributed by atoms with Crippen LogP contribution in [0.25, 0.3) is 0 Å². The van der Waals surface area contributed by atoms with Crippen LogP contribution in [0.5, 0.6) is 0 Å². The van der Waals surface area contributed by atoms with E-state index < -0.39 is 0 Å². The Labute approximate surface area is 98.1 Å². The molecule has 0 saturated heterocycles. The van der Waals surface area contributed by atoms with Crippen molar-refractivity contribution in [3.05, 3.63) is 35.1 Å². The van der Waals surface area contributed by atoms with Crippen LogP contribution in [0.4, 0.5) is 4.39 Å². The van der Waals surface area contributed by atoms with Crippen LogP contribution < -0.4 is 5.32 Å². The molecular weight excluding hydrogens is 201 g/mol. The van der Waals surface area contributed by atoms with Crippen LogP contribution in [0.2, 0.25) is 0 Å². The van der Waals surface area contributed by atoms with Crippen molar-refractivity contribution in [1.29, 1.82) is 0 Å². The summed E-state index contributed by atoms with van der Waals surface area (Å²) in [6, 6.07) is 5.46. The first-order valence-electron chi connectivity index (χ1n) is 6.04. The van der Waals surface area contributed by atoms with E-state index in [1.54, 1.807) is 6.07 Å². The highest BCUT2D eigenvalue weighted by atomic mass is 19.1. The molecule has 1 aromatic rings. The smallest absolute Gasteiger partial charge is 0.127 e. The van der Waals surface area contributed by atoms with E-state index >= 15 is 0 Å². The number of hydrogen-bond acceptors (Lipinski definition) is 1. The van der Waals surface area contributed by atoms with Crippen LogP contribution in [-0.2, 0) is 0 Å². The molecule has 0 aromatic heterocycles. The van der Waals surface area contributed by atoms with Gasteiger partial charge in [0.25, 0.3) is 0 Å². The zero-order valence-electron chi connectivity index (χ0n) is 10.7. The molecule has 0 amide bonds. The second kappa shape index (κ2) is 6.00. The van der Waals surface area contributed by atoms with E-state index in [0.29, 0.717) is 5.92 Å². The van der Waals surface area contributed by atoms with Gasteiger partial charge in [0.2, 0.25) is 0 Å². The summed E-state index contributed by atoms with van der Waals surface area (Å²) in [4.78, 5) is 0. The lowest BCUT2D eigenvalue weighted by atomic mass is 9.95. The van der Waals surface area contributed by atoms with E-state index in [1.807, 2.05) is 19.1 Å². The number of hydrogen-bond donors (Lipinski definition) is 1. The van der Waals surface area contributed by atoms with Gasteiger partial charge in [-0.2, -0.15) is 0 Å². The molecule has 90 valence electrons. The Balaban J connectivity index is 2.94. The van der Waals surface area contributed by atoms with Gasteiger partial charge in [-0.1, -0.05) is 38.5 Å². The van der Waals surface area contributed by atoms with Crippen molar-refractivity contribution in [3.63, 3.8) is 0 Å². The maximum atomic E-state index is 13.8. The van der Waals surface area contributed by atoms with Gasteiger partial charge < -0.3 is 5.32 Å². The van der Waals surface area contributed by atoms with Crippen LogP contribution in [0.15, 0.2) is 18.2 Å². The van der Waals surface area contributed by atoms with Crippen molar-refractivity contribution in [2.75, 3.05) is 6.54 Å². The van der Waals surface area contributed by atoms with Crippen LogP contribution >= 0.6 is 0 Å². The Bertz CT molecular complexity index is 334. The largest absolute Gasteiger partial charge is 0.310 e. The monoisotopic (exact) mass is 223 g/mol. The maximum Gasteiger partial charge on any atom is 0.127 e. The fourth-order valence-electron chi connectivity index (χ4n) is 1.97. The molecule has 0 radical (unpaired) electrons. The lowest BCUT2D eigenvalue weighted by Crippen LogP contribution is -2.23. The summed E-state index contributed by atoms with van der Waals surface area (Å²) >= 11 is 0. The molecule has 1 atom stereocenters. The number of halogens is 1. The molecule has 1 nitrogen and oxygen atoms in total. The van der Waals surface area contributed by atoms with E-state index in [-0.39, 0.29) is 11.9 Å². The third kappa shape index (κ3) is 3.60. The molecule has 0 heterocycles. The van der Waals surface area contributed by atoms with Gasteiger partial charge in [0, 0.05) is 11.6 Å². The molecule has 1 aromatic carbocycles. The molecule has 0 bridgehead atoms. The predicted molar refractivity (Wildman–Crippen MR) is 67.0 cm³/mol. The van der Waals surface area contributed by atoms with Crippen molar-refractivity contribution in [2.24, 2.45) is 5.92 Å². The molecule has 0 aliphatic heterocycles. The summed E-state index contributed by atoms with van der Waals surface area (Å²) in [6.07, 6.45) is 0.966. The number of nitrogens with one attached hydrogen (secondary N) is 1.